The highest BCUT2D eigenvalue weighted by atomic mass is 32.2. The van der Waals surface area contributed by atoms with Gasteiger partial charge in [-0.15, -0.1) is 11.8 Å². The van der Waals surface area contributed by atoms with E-state index in [-0.39, 0.29) is 11.3 Å². The van der Waals surface area contributed by atoms with E-state index < -0.39 is 0 Å². The second-order valence-electron chi connectivity index (χ2n) is 6.20. The van der Waals surface area contributed by atoms with Crippen LogP contribution in [0.3, 0.4) is 0 Å². The van der Waals surface area contributed by atoms with Crippen LogP contribution < -0.4 is 0 Å². The van der Waals surface area contributed by atoms with Crippen LogP contribution in [0.15, 0.2) is 41.1 Å². The molecule has 2 aromatic heterocycles. The van der Waals surface area contributed by atoms with Crippen molar-refractivity contribution >= 4 is 29.4 Å². The average molecular weight is 378 g/mol. The normalized spacial score (nSPS) is 17.6. The first-order valence-corrected chi connectivity index (χ1v) is 10.4. The first-order valence-electron chi connectivity index (χ1n) is 8.24. The van der Waals surface area contributed by atoms with Gasteiger partial charge in [0, 0.05) is 30.3 Å². The fraction of sp³-hybridized carbons (Fsp3) is 0.444. The zero-order chi connectivity index (χ0) is 17.6. The van der Waals surface area contributed by atoms with Crippen molar-refractivity contribution in [1.29, 1.82) is 0 Å². The summed E-state index contributed by atoms with van der Waals surface area (Å²) in [5.41, 5.74) is 1.10. The van der Waals surface area contributed by atoms with Crippen LogP contribution in [0.2, 0.25) is 0 Å². The standard InChI is InChI=1S/C18H23N3O2S2/c1-20(2)11-15-5-6-16(23-15)12-24-9-8-21-17(22)13-25-18(21)14-4-3-7-19-10-14/h3-7,10,18H,8-9,11-13H2,1-2H3. The van der Waals surface area contributed by atoms with Gasteiger partial charge in [0.05, 0.1) is 18.1 Å². The molecular formula is C18H23N3O2S2. The fourth-order valence-electron chi connectivity index (χ4n) is 2.73. The average Bonchev–Trinajstić information content (AvgIpc) is 3.19. The van der Waals surface area contributed by atoms with Crippen LogP contribution in [0.1, 0.15) is 22.5 Å². The number of hydrogen-bond donors (Lipinski definition) is 0. The summed E-state index contributed by atoms with van der Waals surface area (Å²) in [4.78, 5) is 20.4. The number of aromatic nitrogens is 1. The molecule has 0 saturated carbocycles. The highest BCUT2D eigenvalue weighted by molar-refractivity contribution is 8.00. The van der Waals surface area contributed by atoms with Crippen LogP contribution in [-0.4, -0.2) is 52.8 Å². The van der Waals surface area contributed by atoms with Gasteiger partial charge in [0.25, 0.3) is 0 Å². The molecule has 0 N–H and O–H groups in total. The fourth-order valence-corrected chi connectivity index (χ4v) is 4.75. The lowest BCUT2D eigenvalue weighted by atomic mass is 10.2. The molecule has 0 bridgehead atoms. The maximum Gasteiger partial charge on any atom is 0.233 e. The second-order valence-corrected chi connectivity index (χ2v) is 8.37. The molecule has 0 aliphatic carbocycles. The number of furan rings is 1. The SMILES string of the molecule is CN(C)Cc1ccc(CSCCN2C(=O)CSC2c2cccnc2)o1. The summed E-state index contributed by atoms with van der Waals surface area (Å²) in [5, 5.41) is 0.0945. The van der Waals surface area contributed by atoms with Crippen molar-refractivity contribution in [3.8, 4) is 0 Å². The van der Waals surface area contributed by atoms with E-state index in [0.717, 1.165) is 41.7 Å². The molecule has 2 aromatic rings. The van der Waals surface area contributed by atoms with E-state index in [4.69, 9.17) is 4.42 Å². The molecule has 3 heterocycles. The predicted octanol–water partition coefficient (Wildman–Crippen LogP) is 3.24. The van der Waals surface area contributed by atoms with E-state index in [1.165, 1.54) is 0 Å². The predicted molar refractivity (Wildman–Crippen MR) is 103 cm³/mol. The topological polar surface area (TPSA) is 49.6 Å². The van der Waals surface area contributed by atoms with E-state index in [2.05, 4.69) is 9.88 Å². The number of hydrogen-bond acceptors (Lipinski definition) is 6. The number of carbonyl (C=O) groups excluding carboxylic acids is 1. The summed E-state index contributed by atoms with van der Waals surface area (Å²) in [7, 11) is 4.06. The van der Waals surface area contributed by atoms with Crippen molar-refractivity contribution in [3.63, 3.8) is 0 Å². The maximum atomic E-state index is 12.2. The van der Waals surface area contributed by atoms with Crippen molar-refractivity contribution < 1.29 is 9.21 Å². The zero-order valence-electron chi connectivity index (χ0n) is 14.6. The Hall–Kier alpha value is -1.44. The summed E-state index contributed by atoms with van der Waals surface area (Å²) in [6.45, 7) is 1.57. The third kappa shape index (κ3) is 5.03. The molecule has 134 valence electrons. The van der Waals surface area contributed by atoms with Gasteiger partial charge in [-0.05, 0) is 32.3 Å². The largest absolute Gasteiger partial charge is 0.464 e. The summed E-state index contributed by atoms with van der Waals surface area (Å²) < 4.78 is 5.82. The summed E-state index contributed by atoms with van der Waals surface area (Å²) in [6, 6.07) is 8.04. The molecule has 25 heavy (non-hydrogen) atoms. The van der Waals surface area contributed by atoms with E-state index >= 15 is 0 Å². The molecule has 0 radical (unpaired) electrons. The smallest absolute Gasteiger partial charge is 0.233 e. The van der Waals surface area contributed by atoms with Gasteiger partial charge in [-0.1, -0.05) is 6.07 Å². The van der Waals surface area contributed by atoms with E-state index in [0.29, 0.717) is 5.75 Å². The molecule has 7 heteroatoms. The lowest BCUT2D eigenvalue weighted by Gasteiger charge is -2.23. The van der Waals surface area contributed by atoms with E-state index in [1.54, 1.807) is 29.7 Å². The highest BCUT2D eigenvalue weighted by Crippen LogP contribution is 2.38. The van der Waals surface area contributed by atoms with Gasteiger partial charge >= 0.3 is 0 Å². The van der Waals surface area contributed by atoms with Gasteiger partial charge in [0.2, 0.25) is 5.91 Å². The Morgan fingerprint density at radius 2 is 2.20 bits per heavy atom. The Balaban J connectivity index is 1.47. The van der Waals surface area contributed by atoms with Crippen molar-refractivity contribution in [3.05, 3.63) is 53.7 Å². The van der Waals surface area contributed by atoms with Crippen LogP contribution in [0.25, 0.3) is 0 Å². The van der Waals surface area contributed by atoms with Gasteiger partial charge in [-0.25, -0.2) is 0 Å². The molecule has 1 amide bonds. The van der Waals surface area contributed by atoms with Gasteiger partial charge in [0.15, 0.2) is 0 Å². The third-order valence-electron chi connectivity index (χ3n) is 3.85. The number of carbonyl (C=O) groups is 1. The minimum absolute atomic E-state index is 0.0945. The minimum atomic E-state index is 0.0945. The summed E-state index contributed by atoms with van der Waals surface area (Å²) in [5.74, 6) is 4.48. The summed E-state index contributed by atoms with van der Waals surface area (Å²) >= 11 is 3.48. The molecule has 1 aliphatic heterocycles. The number of pyridine rings is 1. The number of rotatable bonds is 8. The molecule has 1 atom stereocenters. The van der Waals surface area contributed by atoms with Crippen LogP contribution in [-0.2, 0) is 17.1 Å². The zero-order valence-corrected chi connectivity index (χ0v) is 16.2. The number of thioether (sulfide) groups is 2. The monoisotopic (exact) mass is 377 g/mol. The Labute approximate surface area is 157 Å². The van der Waals surface area contributed by atoms with Crippen LogP contribution >= 0.6 is 23.5 Å². The molecule has 0 aromatic carbocycles. The van der Waals surface area contributed by atoms with Crippen molar-refractivity contribution in [2.45, 2.75) is 17.7 Å². The molecule has 1 aliphatic rings. The number of amides is 1. The third-order valence-corrected chi connectivity index (χ3v) is 6.06. The Kier molecular flexibility index (Phi) is 6.45. The lowest BCUT2D eigenvalue weighted by Crippen LogP contribution is -2.30. The second kappa shape index (κ2) is 8.78. The van der Waals surface area contributed by atoms with E-state index in [1.807, 2.05) is 49.5 Å². The first kappa shape index (κ1) is 18.4. The van der Waals surface area contributed by atoms with Crippen LogP contribution in [0.5, 0.6) is 0 Å². The van der Waals surface area contributed by atoms with Crippen molar-refractivity contribution in [1.82, 2.24) is 14.8 Å². The van der Waals surface area contributed by atoms with Crippen LogP contribution in [0, 0.1) is 0 Å². The van der Waals surface area contributed by atoms with Crippen LogP contribution in [0.4, 0.5) is 0 Å². The number of nitrogens with zero attached hydrogens (tertiary/aromatic N) is 3. The van der Waals surface area contributed by atoms with Gasteiger partial charge < -0.3 is 14.2 Å². The first-order chi connectivity index (χ1) is 12.1. The molecular weight excluding hydrogens is 354 g/mol. The van der Waals surface area contributed by atoms with Gasteiger partial charge in [-0.3, -0.25) is 9.78 Å². The van der Waals surface area contributed by atoms with Crippen molar-refractivity contribution in [2.24, 2.45) is 0 Å². The quantitative estimate of drug-likeness (QED) is 0.658. The lowest BCUT2D eigenvalue weighted by molar-refractivity contribution is -0.127. The molecule has 1 unspecified atom stereocenters. The maximum absolute atomic E-state index is 12.2. The van der Waals surface area contributed by atoms with Gasteiger partial charge in [-0.2, -0.15) is 11.8 Å². The summed E-state index contributed by atoms with van der Waals surface area (Å²) in [6.07, 6.45) is 3.62. The van der Waals surface area contributed by atoms with Gasteiger partial charge in [0.1, 0.15) is 16.9 Å². The Morgan fingerprint density at radius 1 is 1.36 bits per heavy atom. The molecule has 1 fully saturated rings. The Bertz CT molecular complexity index is 691. The molecule has 1 saturated heterocycles. The Morgan fingerprint density at radius 3 is 2.96 bits per heavy atom. The highest BCUT2D eigenvalue weighted by Gasteiger charge is 2.32. The molecule has 0 spiro atoms. The molecule has 3 rings (SSSR count). The molecule has 5 nitrogen and oxygen atoms in total. The minimum Gasteiger partial charge on any atom is -0.464 e. The van der Waals surface area contributed by atoms with Crippen molar-refractivity contribution in [2.75, 3.05) is 32.1 Å². The van der Waals surface area contributed by atoms with E-state index in [9.17, 15) is 4.79 Å².